The monoisotopic (exact) mass is 276 g/mol. The molecular weight excluding hydrogens is 264 g/mol. The molecule has 0 fully saturated rings. The number of fused-ring (bicyclic) bond motifs is 3. The highest BCUT2D eigenvalue weighted by Crippen LogP contribution is 2.25. The Bertz CT molecular complexity index is 929. The number of anilines is 2. The smallest absolute Gasteiger partial charge is 0.257 e. The molecule has 0 aliphatic heterocycles. The molecule has 0 aliphatic rings. The van der Waals surface area contributed by atoms with Crippen molar-refractivity contribution in [3.8, 4) is 0 Å². The lowest BCUT2D eigenvalue weighted by atomic mass is 10.2. The average molecular weight is 276 g/mol. The highest BCUT2D eigenvalue weighted by molar-refractivity contribution is 5.92. The van der Waals surface area contributed by atoms with Crippen molar-refractivity contribution in [2.24, 2.45) is 0 Å². The predicted molar refractivity (Wildman–Crippen MR) is 80.5 cm³/mol. The number of aryl methyl sites for hydroxylation is 1. The van der Waals surface area contributed by atoms with Gasteiger partial charge in [0.15, 0.2) is 0 Å². The molecule has 0 aliphatic carbocycles. The molecule has 0 amide bonds. The topological polar surface area (TPSA) is 68.0 Å². The molecule has 0 saturated heterocycles. The van der Waals surface area contributed by atoms with Gasteiger partial charge >= 0.3 is 0 Å². The summed E-state index contributed by atoms with van der Waals surface area (Å²) in [6.45, 7) is 1.92. The molecule has 6 heteroatoms. The zero-order valence-corrected chi connectivity index (χ0v) is 11.4. The third-order valence-corrected chi connectivity index (χ3v) is 3.34. The molecule has 0 saturated carbocycles. The van der Waals surface area contributed by atoms with Gasteiger partial charge in [-0.05, 0) is 31.2 Å². The van der Waals surface area contributed by atoms with Crippen LogP contribution >= 0.6 is 0 Å². The van der Waals surface area contributed by atoms with Crippen molar-refractivity contribution in [1.82, 2.24) is 24.6 Å². The van der Waals surface area contributed by atoms with Gasteiger partial charge in [-0.3, -0.25) is 9.38 Å². The zero-order chi connectivity index (χ0) is 14.2. The maximum Gasteiger partial charge on any atom is 0.257 e. The van der Waals surface area contributed by atoms with Crippen LogP contribution in [0.3, 0.4) is 0 Å². The van der Waals surface area contributed by atoms with E-state index in [0.29, 0.717) is 5.78 Å². The minimum absolute atomic E-state index is 0.581. The Labute approximate surface area is 120 Å². The van der Waals surface area contributed by atoms with E-state index >= 15 is 0 Å². The van der Waals surface area contributed by atoms with Crippen LogP contribution in [-0.2, 0) is 0 Å². The molecule has 4 rings (SSSR count). The first-order valence-electron chi connectivity index (χ1n) is 6.60. The molecule has 0 atom stereocenters. The van der Waals surface area contributed by atoms with Crippen molar-refractivity contribution in [2.45, 2.75) is 6.92 Å². The van der Waals surface area contributed by atoms with Crippen LogP contribution in [-0.4, -0.2) is 24.6 Å². The summed E-state index contributed by atoms with van der Waals surface area (Å²) in [6, 6.07) is 11.9. The van der Waals surface area contributed by atoms with Gasteiger partial charge < -0.3 is 5.32 Å². The van der Waals surface area contributed by atoms with Gasteiger partial charge in [0.2, 0.25) is 0 Å². The lowest BCUT2D eigenvalue weighted by Gasteiger charge is -2.10. The SMILES string of the molecule is Cc1nnc2nc(Nc3cccnc3)c3ccccc3n12. The van der Waals surface area contributed by atoms with E-state index in [2.05, 4.69) is 25.5 Å². The van der Waals surface area contributed by atoms with E-state index in [4.69, 9.17) is 0 Å². The second-order valence-corrected chi connectivity index (χ2v) is 4.73. The molecule has 3 heterocycles. The lowest BCUT2D eigenvalue weighted by Crippen LogP contribution is -2.00. The third kappa shape index (κ3) is 1.88. The fraction of sp³-hybridized carbons (Fsp3) is 0.0667. The van der Waals surface area contributed by atoms with Crippen LogP contribution in [0.1, 0.15) is 5.82 Å². The Kier molecular flexibility index (Phi) is 2.53. The van der Waals surface area contributed by atoms with Crippen LogP contribution in [0.25, 0.3) is 16.7 Å². The molecule has 0 bridgehead atoms. The first-order chi connectivity index (χ1) is 10.3. The zero-order valence-electron chi connectivity index (χ0n) is 11.4. The van der Waals surface area contributed by atoms with Crippen LogP contribution in [0.5, 0.6) is 0 Å². The Morgan fingerprint density at radius 3 is 2.81 bits per heavy atom. The van der Waals surface area contributed by atoms with Crippen LogP contribution in [0, 0.1) is 6.92 Å². The molecule has 1 aromatic carbocycles. The summed E-state index contributed by atoms with van der Waals surface area (Å²) >= 11 is 0. The number of nitrogens with zero attached hydrogens (tertiary/aromatic N) is 5. The molecule has 0 spiro atoms. The number of pyridine rings is 1. The van der Waals surface area contributed by atoms with E-state index in [0.717, 1.165) is 28.2 Å². The predicted octanol–water partition coefficient (Wildman–Crippen LogP) is 2.72. The summed E-state index contributed by atoms with van der Waals surface area (Å²) in [5, 5.41) is 12.5. The molecule has 21 heavy (non-hydrogen) atoms. The number of hydrogen-bond acceptors (Lipinski definition) is 5. The minimum Gasteiger partial charge on any atom is -0.338 e. The van der Waals surface area contributed by atoms with Crippen molar-refractivity contribution in [1.29, 1.82) is 0 Å². The van der Waals surface area contributed by atoms with Crippen molar-refractivity contribution < 1.29 is 0 Å². The number of aromatic nitrogens is 5. The number of benzene rings is 1. The maximum atomic E-state index is 4.57. The maximum absolute atomic E-state index is 4.57. The normalized spacial score (nSPS) is 11.1. The quantitative estimate of drug-likeness (QED) is 0.609. The molecular formula is C15H12N6. The van der Waals surface area contributed by atoms with Crippen molar-refractivity contribution in [3.63, 3.8) is 0 Å². The standard InChI is InChI=1S/C15H12N6/c1-10-19-20-15-18-14(17-11-5-4-8-16-9-11)12-6-2-3-7-13(12)21(10)15/h2-9H,1H3,(H,17,18,20). The molecule has 102 valence electrons. The lowest BCUT2D eigenvalue weighted by molar-refractivity contribution is 1.02. The Balaban J connectivity index is 1.99. The second-order valence-electron chi connectivity index (χ2n) is 4.73. The summed E-state index contributed by atoms with van der Waals surface area (Å²) in [6.07, 6.45) is 3.50. The van der Waals surface area contributed by atoms with Crippen LogP contribution < -0.4 is 5.32 Å². The molecule has 6 nitrogen and oxygen atoms in total. The molecule has 0 unspecified atom stereocenters. The van der Waals surface area contributed by atoms with Crippen LogP contribution in [0.15, 0.2) is 48.8 Å². The highest BCUT2D eigenvalue weighted by Gasteiger charge is 2.11. The van der Waals surface area contributed by atoms with Crippen molar-refractivity contribution in [3.05, 3.63) is 54.6 Å². The molecule has 0 radical (unpaired) electrons. The minimum atomic E-state index is 0.581. The highest BCUT2D eigenvalue weighted by atomic mass is 15.3. The first kappa shape index (κ1) is 11.8. The van der Waals surface area contributed by atoms with Gasteiger partial charge in [0.05, 0.1) is 17.4 Å². The van der Waals surface area contributed by atoms with E-state index in [9.17, 15) is 0 Å². The second kappa shape index (κ2) is 4.52. The van der Waals surface area contributed by atoms with Gasteiger partial charge in [-0.25, -0.2) is 0 Å². The van der Waals surface area contributed by atoms with E-state index in [1.807, 2.05) is 47.7 Å². The average Bonchev–Trinajstić information content (AvgIpc) is 2.90. The fourth-order valence-corrected chi connectivity index (χ4v) is 2.40. The van der Waals surface area contributed by atoms with Crippen LogP contribution in [0.2, 0.25) is 0 Å². The van der Waals surface area contributed by atoms with Gasteiger partial charge in [-0.2, -0.15) is 4.98 Å². The van der Waals surface area contributed by atoms with E-state index in [1.165, 1.54) is 0 Å². The van der Waals surface area contributed by atoms with Crippen LogP contribution in [0.4, 0.5) is 11.5 Å². The van der Waals surface area contributed by atoms with Crippen molar-refractivity contribution in [2.75, 3.05) is 5.32 Å². The van der Waals surface area contributed by atoms with E-state index < -0.39 is 0 Å². The summed E-state index contributed by atoms with van der Waals surface area (Å²) in [5.74, 6) is 2.15. The number of rotatable bonds is 2. The summed E-state index contributed by atoms with van der Waals surface area (Å²) in [4.78, 5) is 8.67. The largest absolute Gasteiger partial charge is 0.338 e. The van der Waals surface area contributed by atoms with Gasteiger partial charge in [0, 0.05) is 11.6 Å². The Morgan fingerprint density at radius 1 is 1.05 bits per heavy atom. The van der Waals surface area contributed by atoms with Gasteiger partial charge in [-0.15, -0.1) is 10.2 Å². The van der Waals surface area contributed by atoms with E-state index in [-0.39, 0.29) is 0 Å². The molecule has 3 aromatic heterocycles. The molecule has 1 N–H and O–H groups in total. The van der Waals surface area contributed by atoms with Gasteiger partial charge in [0.1, 0.15) is 11.6 Å². The molecule has 4 aromatic rings. The Hall–Kier alpha value is -3.02. The third-order valence-electron chi connectivity index (χ3n) is 3.34. The van der Waals surface area contributed by atoms with Crippen molar-refractivity contribution >= 4 is 28.2 Å². The fourth-order valence-electron chi connectivity index (χ4n) is 2.40. The van der Waals surface area contributed by atoms with E-state index in [1.54, 1.807) is 12.4 Å². The number of para-hydroxylation sites is 1. The summed E-state index contributed by atoms with van der Waals surface area (Å²) < 4.78 is 1.95. The first-order valence-corrected chi connectivity index (χ1v) is 6.60. The summed E-state index contributed by atoms with van der Waals surface area (Å²) in [5.41, 5.74) is 1.91. The van der Waals surface area contributed by atoms with Gasteiger partial charge in [0.25, 0.3) is 5.78 Å². The number of hydrogen-bond donors (Lipinski definition) is 1. The Morgan fingerprint density at radius 2 is 1.95 bits per heavy atom. The summed E-state index contributed by atoms with van der Waals surface area (Å²) in [7, 11) is 0. The number of nitrogens with one attached hydrogen (secondary N) is 1. The van der Waals surface area contributed by atoms with Gasteiger partial charge in [-0.1, -0.05) is 12.1 Å².